The summed E-state index contributed by atoms with van der Waals surface area (Å²) in [5.41, 5.74) is 1.16. The normalized spacial score (nSPS) is 12.2. The molecule has 0 fully saturated rings. The molecule has 0 aliphatic heterocycles. The molecule has 0 aliphatic carbocycles. The monoisotopic (exact) mass is 163 g/mol. The van der Waals surface area contributed by atoms with Gasteiger partial charge in [0, 0.05) is 7.05 Å². The first-order valence-electron chi connectivity index (χ1n) is 3.98. The molecule has 0 aliphatic rings. The van der Waals surface area contributed by atoms with Crippen LogP contribution < -0.4 is 0 Å². The highest BCUT2D eigenvalue weighted by atomic mass is 16.1. The first-order chi connectivity index (χ1) is 5.75. The Morgan fingerprint density at radius 2 is 1.92 bits per heavy atom. The van der Waals surface area contributed by atoms with E-state index in [1.165, 1.54) is 0 Å². The van der Waals surface area contributed by atoms with Gasteiger partial charge < -0.3 is 4.90 Å². The zero-order valence-electron chi connectivity index (χ0n) is 7.40. The van der Waals surface area contributed by atoms with Crippen LogP contribution in [0.4, 0.5) is 0 Å². The van der Waals surface area contributed by atoms with Gasteiger partial charge in [-0.15, -0.1) is 0 Å². The van der Waals surface area contributed by atoms with E-state index < -0.39 is 0 Å². The molecular weight excluding hydrogens is 150 g/mol. The highest BCUT2D eigenvalue weighted by Gasteiger charge is 2.07. The Morgan fingerprint density at radius 3 is 2.42 bits per heavy atom. The number of amides is 1. The van der Waals surface area contributed by atoms with Gasteiger partial charge in [0.05, 0.1) is 6.04 Å². The molecule has 0 spiro atoms. The number of benzene rings is 1. The van der Waals surface area contributed by atoms with E-state index in [0.29, 0.717) is 0 Å². The lowest BCUT2D eigenvalue weighted by Gasteiger charge is -2.20. The molecule has 1 rings (SSSR count). The maximum absolute atomic E-state index is 10.4. The summed E-state index contributed by atoms with van der Waals surface area (Å²) in [6.45, 7) is 2.00. The van der Waals surface area contributed by atoms with Gasteiger partial charge in [-0.1, -0.05) is 30.3 Å². The molecule has 1 atom stereocenters. The summed E-state index contributed by atoms with van der Waals surface area (Å²) in [5, 5.41) is 0. The minimum atomic E-state index is 0.156. The van der Waals surface area contributed by atoms with E-state index in [2.05, 4.69) is 0 Å². The number of carbonyl (C=O) groups is 1. The van der Waals surface area contributed by atoms with Crippen molar-refractivity contribution in [3.05, 3.63) is 35.9 Å². The number of nitrogens with zero attached hydrogens (tertiary/aromatic N) is 1. The Morgan fingerprint density at radius 1 is 1.33 bits per heavy atom. The van der Waals surface area contributed by atoms with Crippen LogP contribution in [0.25, 0.3) is 0 Å². The Labute approximate surface area is 72.8 Å². The molecule has 64 valence electrons. The first-order valence-corrected chi connectivity index (χ1v) is 3.98. The van der Waals surface area contributed by atoms with Crippen LogP contribution >= 0.6 is 0 Å². The summed E-state index contributed by atoms with van der Waals surface area (Å²) < 4.78 is 0. The van der Waals surface area contributed by atoms with Crippen LogP contribution in [0, 0.1) is 0 Å². The van der Waals surface area contributed by atoms with Gasteiger partial charge in [-0.2, -0.15) is 0 Å². The smallest absolute Gasteiger partial charge is 0.209 e. The minimum absolute atomic E-state index is 0.156. The Bertz CT molecular complexity index is 245. The Hall–Kier alpha value is -1.31. The van der Waals surface area contributed by atoms with Gasteiger partial charge in [0.2, 0.25) is 6.41 Å². The molecule has 0 radical (unpaired) electrons. The predicted molar refractivity (Wildman–Crippen MR) is 48.7 cm³/mol. The van der Waals surface area contributed by atoms with Crippen molar-refractivity contribution in [2.75, 3.05) is 7.05 Å². The van der Waals surface area contributed by atoms with E-state index in [0.717, 1.165) is 12.0 Å². The maximum Gasteiger partial charge on any atom is 0.209 e. The standard InChI is InChI=1S/C10H13NO/c1-9(11(2)8-12)10-6-4-3-5-7-10/h3-9H,1-2H3. The van der Waals surface area contributed by atoms with Crippen molar-refractivity contribution in [3.8, 4) is 0 Å². The average Bonchev–Trinajstić information content (AvgIpc) is 2.17. The third-order valence-corrected chi connectivity index (χ3v) is 2.06. The summed E-state index contributed by atoms with van der Waals surface area (Å²) in [7, 11) is 1.78. The second-order valence-corrected chi connectivity index (χ2v) is 2.86. The van der Waals surface area contributed by atoms with E-state index in [1.807, 2.05) is 37.3 Å². The van der Waals surface area contributed by atoms with Crippen LogP contribution in [0.2, 0.25) is 0 Å². The highest BCUT2D eigenvalue weighted by Crippen LogP contribution is 2.15. The van der Waals surface area contributed by atoms with Gasteiger partial charge >= 0.3 is 0 Å². The van der Waals surface area contributed by atoms with E-state index in [1.54, 1.807) is 11.9 Å². The molecule has 1 aromatic carbocycles. The summed E-state index contributed by atoms with van der Waals surface area (Å²) in [5.74, 6) is 0. The van der Waals surface area contributed by atoms with Gasteiger partial charge in [0.1, 0.15) is 0 Å². The van der Waals surface area contributed by atoms with Crippen LogP contribution in [-0.4, -0.2) is 18.4 Å². The van der Waals surface area contributed by atoms with Gasteiger partial charge in [-0.3, -0.25) is 4.79 Å². The van der Waals surface area contributed by atoms with Crippen LogP contribution in [0.5, 0.6) is 0 Å². The lowest BCUT2D eigenvalue weighted by molar-refractivity contribution is -0.118. The van der Waals surface area contributed by atoms with Gasteiger partial charge in [-0.05, 0) is 12.5 Å². The molecular formula is C10H13NO. The maximum atomic E-state index is 10.4. The van der Waals surface area contributed by atoms with E-state index >= 15 is 0 Å². The van der Waals surface area contributed by atoms with Crippen LogP contribution in [0.1, 0.15) is 18.5 Å². The lowest BCUT2D eigenvalue weighted by atomic mass is 10.1. The van der Waals surface area contributed by atoms with E-state index in [4.69, 9.17) is 0 Å². The first kappa shape index (κ1) is 8.78. The zero-order valence-corrected chi connectivity index (χ0v) is 7.40. The molecule has 0 saturated carbocycles. The quantitative estimate of drug-likeness (QED) is 0.622. The fourth-order valence-electron chi connectivity index (χ4n) is 1.06. The number of carbonyl (C=O) groups excluding carboxylic acids is 1. The Kier molecular flexibility index (Phi) is 2.86. The molecule has 0 heterocycles. The molecule has 0 aromatic heterocycles. The van der Waals surface area contributed by atoms with Gasteiger partial charge in [0.25, 0.3) is 0 Å². The topological polar surface area (TPSA) is 20.3 Å². The van der Waals surface area contributed by atoms with Crippen molar-refractivity contribution >= 4 is 6.41 Å². The largest absolute Gasteiger partial charge is 0.342 e. The second-order valence-electron chi connectivity index (χ2n) is 2.86. The molecule has 0 saturated heterocycles. The third kappa shape index (κ3) is 1.84. The van der Waals surface area contributed by atoms with Gasteiger partial charge in [0.15, 0.2) is 0 Å². The van der Waals surface area contributed by atoms with Crippen LogP contribution in [-0.2, 0) is 4.79 Å². The van der Waals surface area contributed by atoms with Crippen LogP contribution in [0.15, 0.2) is 30.3 Å². The molecule has 2 nitrogen and oxygen atoms in total. The van der Waals surface area contributed by atoms with Crippen molar-refractivity contribution in [3.63, 3.8) is 0 Å². The van der Waals surface area contributed by atoms with E-state index in [9.17, 15) is 4.79 Å². The second kappa shape index (κ2) is 3.90. The zero-order chi connectivity index (χ0) is 8.97. The molecule has 12 heavy (non-hydrogen) atoms. The highest BCUT2D eigenvalue weighted by molar-refractivity contribution is 5.47. The molecule has 2 heteroatoms. The SMILES string of the molecule is CC(c1ccccc1)N(C)C=O. The van der Waals surface area contributed by atoms with Crippen LogP contribution in [0.3, 0.4) is 0 Å². The molecule has 1 amide bonds. The predicted octanol–water partition coefficient (Wildman–Crippen LogP) is 1.84. The fourth-order valence-corrected chi connectivity index (χ4v) is 1.06. The van der Waals surface area contributed by atoms with Crippen molar-refractivity contribution in [2.45, 2.75) is 13.0 Å². The average molecular weight is 163 g/mol. The Balaban J connectivity index is 2.78. The fraction of sp³-hybridized carbons (Fsp3) is 0.300. The number of hydrogen-bond acceptors (Lipinski definition) is 1. The van der Waals surface area contributed by atoms with Crippen molar-refractivity contribution in [1.29, 1.82) is 0 Å². The molecule has 1 unspecified atom stereocenters. The van der Waals surface area contributed by atoms with Gasteiger partial charge in [-0.25, -0.2) is 0 Å². The summed E-state index contributed by atoms with van der Waals surface area (Å²) >= 11 is 0. The van der Waals surface area contributed by atoms with Crippen molar-refractivity contribution in [2.24, 2.45) is 0 Å². The van der Waals surface area contributed by atoms with Crippen molar-refractivity contribution in [1.82, 2.24) is 4.90 Å². The number of rotatable bonds is 3. The molecule has 0 N–H and O–H groups in total. The molecule has 0 bridgehead atoms. The summed E-state index contributed by atoms with van der Waals surface area (Å²) in [6.07, 6.45) is 0.845. The lowest BCUT2D eigenvalue weighted by Crippen LogP contribution is -2.20. The summed E-state index contributed by atoms with van der Waals surface area (Å²) in [6, 6.07) is 10.1. The van der Waals surface area contributed by atoms with Crippen molar-refractivity contribution < 1.29 is 4.79 Å². The minimum Gasteiger partial charge on any atom is -0.342 e. The third-order valence-electron chi connectivity index (χ3n) is 2.06. The molecule has 1 aromatic rings. The van der Waals surface area contributed by atoms with E-state index in [-0.39, 0.29) is 6.04 Å². The summed E-state index contributed by atoms with van der Waals surface area (Å²) in [4.78, 5) is 12.1. The number of hydrogen-bond donors (Lipinski definition) is 0.